The Kier molecular flexibility index (Phi) is 3.24. The van der Waals surface area contributed by atoms with Gasteiger partial charge in [-0.1, -0.05) is 16.8 Å². The van der Waals surface area contributed by atoms with E-state index in [9.17, 15) is 9.90 Å². The van der Waals surface area contributed by atoms with Gasteiger partial charge in [-0.2, -0.15) is 0 Å². The van der Waals surface area contributed by atoms with Gasteiger partial charge in [-0.15, -0.1) is 5.10 Å². The number of phenolic OH excluding ortho intramolecular Hbond substituents is 1. The Balaban J connectivity index is 2.00. The summed E-state index contributed by atoms with van der Waals surface area (Å²) in [6.07, 6.45) is 3.08. The SMILES string of the molecule is O=C(Cn1ccnn1)Nc1ccc(O)c(Cl)c1. The number of anilines is 1. The Labute approximate surface area is 102 Å². The van der Waals surface area contributed by atoms with E-state index in [1.807, 2.05) is 0 Å². The summed E-state index contributed by atoms with van der Waals surface area (Å²) in [5.41, 5.74) is 0.512. The van der Waals surface area contributed by atoms with Crippen molar-refractivity contribution in [2.24, 2.45) is 0 Å². The molecule has 0 unspecified atom stereocenters. The van der Waals surface area contributed by atoms with Crippen molar-refractivity contribution in [3.8, 4) is 5.75 Å². The maximum absolute atomic E-state index is 11.6. The molecule has 1 aromatic carbocycles. The fourth-order valence-electron chi connectivity index (χ4n) is 1.25. The van der Waals surface area contributed by atoms with Crippen LogP contribution in [0.25, 0.3) is 0 Å². The van der Waals surface area contributed by atoms with Gasteiger partial charge >= 0.3 is 0 Å². The maximum Gasteiger partial charge on any atom is 0.246 e. The summed E-state index contributed by atoms with van der Waals surface area (Å²) in [7, 11) is 0. The number of carbonyl (C=O) groups excluding carboxylic acids is 1. The number of hydrogen-bond donors (Lipinski definition) is 2. The van der Waals surface area contributed by atoms with Gasteiger partial charge in [0.05, 0.1) is 11.2 Å². The molecule has 0 saturated carbocycles. The molecule has 0 aliphatic carbocycles. The fourth-order valence-corrected chi connectivity index (χ4v) is 1.43. The van der Waals surface area contributed by atoms with E-state index in [1.54, 1.807) is 12.3 Å². The molecule has 88 valence electrons. The lowest BCUT2D eigenvalue weighted by Crippen LogP contribution is -2.19. The smallest absolute Gasteiger partial charge is 0.246 e. The fraction of sp³-hybridized carbons (Fsp3) is 0.100. The third-order valence-corrected chi connectivity index (χ3v) is 2.31. The number of rotatable bonds is 3. The lowest BCUT2D eigenvalue weighted by atomic mass is 10.3. The highest BCUT2D eigenvalue weighted by Crippen LogP contribution is 2.25. The van der Waals surface area contributed by atoms with E-state index < -0.39 is 0 Å². The van der Waals surface area contributed by atoms with Gasteiger partial charge in [0.2, 0.25) is 5.91 Å². The predicted octanol–water partition coefficient (Wildman–Crippen LogP) is 1.28. The lowest BCUT2D eigenvalue weighted by Gasteiger charge is -2.06. The van der Waals surface area contributed by atoms with Gasteiger partial charge in [-0.05, 0) is 18.2 Å². The third-order valence-electron chi connectivity index (χ3n) is 2.01. The van der Waals surface area contributed by atoms with Crippen LogP contribution in [0, 0.1) is 0 Å². The van der Waals surface area contributed by atoms with E-state index in [0.29, 0.717) is 5.69 Å². The first-order valence-corrected chi connectivity index (χ1v) is 5.15. The highest BCUT2D eigenvalue weighted by atomic mass is 35.5. The molecule has 1 aromatic heterocycles. The molecule has 0 aliphatic heterocycles. The van der Waals surface area contributed by atoms with Crippen molar-refractivity contribution in [3.63, 3.8) is 0 Å². The van der Waals surface area contributed by atoms with E-state index in [1.165, 1.54) is 23.0 Å². The molecule has 0 bridgehead atoms. The molecule has 6 nitrogen and oxygen atoms in total. The van der Waals surface area contributed by atoms with E-state index >= 15 is 0 Å². The van der Waals surface area contributed by atoms with Gasteiger partial charge in [-0.3, -0.25) is 4.79 Å². The van der Waals surface area contributed by atoms with Crippen LogP contribution in [0.3, 0.4) is 0 Å². The minimum Gasteiger partial charge on any atom is -0.506 e. The number of hydrogen-bond acceptors (Lipinski definition) is 4. The summed E-state index contributed by atoms with van der Waals surface area (Å²) >= 11 is 5.71. The van der Waals surface area contributed by atoms with Crippen LogP contribution < -0.4 is 5.32 Å². The molecule has 0 atom stereocenters. The molecule has 0 spiro atoms. The largest absolute Gasteiger partial charge is 0.506 e. The molecule has 2 N–H and O–H groups in total. The minimum atomic E-state index is -0.253. The van der Waals surface area contributed by atoms with Crippen LogP contribution >= 0.6 is 11.6 Å². The van der Waals surface area contributed by atoms with Crippen molar-refractivity contribution in [2.45, 2.75) is 6.54 Å². The van der Waals surface area contributed by atoms with Crippen molar-refractivity contribution in [1.29, 1.82) is 0 Å². The standard InChI is InChI=1S/C10H9ClN4O2/c11-8-5-7(1-2-9(8)16)13-10(17)6-15-4-3-12-14-15/h1-5,16H,6H2,(H,13,17). The highest BCUT2D eigenvalue weighted by Gasteiger charge is 2.05. The zero-order valence-corrected chi connectivity index (χ0v) is 9.42. The summed E-state index contributed by atoms with van der Waals surface area (Å²) in [4.78, 5) is 11.6. The van der Waals surface area contributed by atoms with Crippen molar-refractivity contribution in [1.82, 2.24) is 15.0 Å². The van der Waals surface area contributed by atoms with Crippen LogP contribution in [-0.2, 0) is 11.3 Å². The van der Waals surface area contributed by atoms with E-state index in [0.717, 1.165) is 0 Å². The Morgan fingerprint density at radius 2 is 2.35 bits per heavy atom. The van der Waals surface area contributed by atoms with Gasteiger partial charge in [0.1, 0.15) is 12.3 Å². The van der Waals surface area contributed by atoms with Crippen LogP contribution in [-0.4, -0.2) is 26.0 Å². The molecule has 0 saturated heterocycles. The number of amides is 1. The van der Waals surface area contributed by atoms with Crippen LogP contribution in [0.5, 0.6) is 5.75 Å². The Bertz CT molecular complexity index is 527. The van der Waals surface area contributed by atoms with Gasteiger partial charge in [0.15, 0.2) is 0 Å². The Morgan fingerprint density at radius 1 is 1.53 bits per heavy atom. The average Bonchev–Trinajstić information content (AvgIpc) is 2.76. The summed E-state index contributed by atoms with van der Waals surface area (Å²) in [6.45, 7) is 0.0680. The molecule has 7 heteroatoms. The summed E-state index contributed by atoms with van der Waals surface area (Å²) in [5.74, 6) is -0.279. The topological polar surface area (TPSA) is 80.0 Å². The number of benzene rings is 1. The van der Waals surface area contributed by atoms with E-state index in [4.69, 9.17) is 11.6 Å². The quantitative estimate of drug-likeness (QED) is 0.807. The minimum absolute atomic E-state index is 0.0269. The van der Waals surface area contributed by atoms with Crippen molar-refractivity contribution < 1.29 is 9.90 Å². The number of nitrogens with zero attached hydrogens (tertiary/aromatic N) is 3. The van der Waals surface area contributed by atoms with Gasteiger partial charge < -0.3 is 10.4 Å². The zero-order valence-electron chi connectivity index (χ0n) is 8.67. The molecule has 1 heterocycles. The van der Waals surface area contributed by atoms with Crippen molar-refractivity contribution in [2.75, 3.05) is 5.32 Å². The van der Waals surface area contributed by atoms with Crippen LogP contribution in [0.4, 0.5) is 5.69 Å². The molecule has 0 radical (unpaired) electrons. The first-order chi connectivity index (χ1) is 8.15. The Morgan fingerprint density at radius 3 is 3.00 bits per heavy atom. The van der Waals surface area contributed by atoms with Crippen LogP contribution in [0.2, 0.25) is 5.02 Å². The predicted molar refractivity (Wildman–Crippen MR) is 61.8 cm³/mol. The third kappa shape index (κ3) is 2.94. The molecule has 0 fully saturated rings. The molecule has 0 aliphatic rings. The molecular formula is C10H9ClN4O2. The highest BCUT2D eigenvalue weighted by molar-refractivity contribution is 6.32. The number of carbonyl (C=O) groups is 1. The second kappa shape index (κ2) is 4.84. The zero-order chi connectivity index (χ0) is 12.3. The Hall–Kier alpha value is -2.08. The van der Waals surface area contributed by atoms with E-state index in [-0.39, 0.29) is 23.2 Å². The van der Waals surface area contributed by atoms with Crippen LogP contribution in [0.1, 0.15) is 0 Å². The van der Waals surface area contributed by atoms with Gasteiger partial charge in [0.25, 0.3) is 0 Å². The lowest BCUT2D eigenvalue weighted by molar-refractivity contribution is -0.116. The molecule has 17 heavy (non-hydrogen) atoms. The van der Waals surface area contributed by atoms with E-state index in [2.05, 4.69) is 15.6 Å². The van der Waals surface area contributed by atoms with Gasteiger partial charge in [0, 0.05) is 11.9 Å². The molecule has 2 aromatic rings. The molecule has 1 amide bonds. The van der Waals surface area contributed by atoms with Crippen molar-refractivity contribution >= 4 is 23.2 Å². The van der Waals surface area contributed by atoms with Crippen molar-refractivity contribution in [3.05, 3.63) is 35.6 Å². The second-order valence-corrected chi connectivity index (χ2v) is 3.72. The normalized spacial score (nSPS) is 10.2. The number of aromatic hydroxyl groups is 1. The second-order valence-electron chi connectivity index (χ2n) is 3.32. The average molecular weight is 253 g/mol. The number of aromatic nitrogens is 3. The maximum atomic E-state index is 11.6. The molecular weight excluding hydrogens is 244 g/mol. The summed E-state index contributed by atoms with van der Waals surface area (Å²) in [6, 6.07) is 4.43. The number of phenols is 1. The summed E-state index contributed by atoms with van der Waals surface area (Å²) in [5, 5.41) is 19.3. The first kappa shape index (κ1) is 11.4. The van der Waals surface area contributed by atoms with Crippen LogP contribution in [0.15, 0.2) is 30.6 Å². The summed E-state index contributed by atoms with van der Waals surface area (Å²) < 4.78 is 1.40. The van der Waals surface area contributed by atoms with Gasteiger partial charge in [-0.25, -0.2) is 4.68 Å². The monoisotopic (exact) mass is 252 g/mol. The number of halogens is 1. The first-order valence-electron chi connectivity index (χ1n) is 4.77. The molecule has 2 rings (SSSR count). The number of nitrogens with one attached hydrogen (secondary N) is 1.